The van der Waals surface area contributed by atoms with Crippen LogP contribution in [0.15, 0.2) is 52.3 Å². The summed E-state index contributed by atoms with van der Waals surface area (Å²) in [5.74, 6) is 0.287. The Morgan fingerprint density at radius 3 is 2.55 bits per heavy atom. The normalized spacial score (nSPS) is 15.3. The van der Waals surface area contributed by atoms with Gasteiger partial charge in [-0.25, -0.2) is 0 Å². The summed E-state index contributed by atoms with van der Waals surface area (Å²) in [6.45, 7) is 0. The maximum Gasteiger partial charge on any atom is 0.258 e. The molecule has 2 aliphatic carbocycles. The zero-order valence-corrected chi connectivity index (χ0v) is 16.6. The van der Waals surface area contributed by atoms with Crippen LogP contribution < -0.4 is 11.3 Å². The second-order valence-corrected chi connectivity index (χ2v) is 8.18. The maximum atomic E-state index is 12.8. The number of aromatic amines is 1. The second kappa shape index (κ2) is 6.82. The number of benzene rings is 2. The van der Waals surface area contributed by atoms with Crippen LogP contribution in [0.5, 0.6) is 5.75 Å². The molecule has 0 fully saturated rings. The molecule has 0 aliphatic heterocycles. The monoisotopic (exact) mass is 404 g/mol. The summed E-state index contributed by atoms with van der Waals surface area (Å²) in [6, 6.07) is 13.4. The minimum atomic E-state index is -0.229. The van der Waals surface area contributed by atoms with Gasteiger partial charge in [-0.15, -0.1) is 0 Å². The molecule has 0 saturated heterocycles. The van der Waals surface area contributed by atoms with Gasteiger partial charge in [0.15, 0.2) is 0 Å². The smallest absolute Gasteiger partial charge is 0.258 e. The number of H-pyrrole nitrogens is 1. The predicted octanol–water partition coefficient (Wildman–Crippen LogP) is 4.76. The number of hydrogen-bond acceptors (Lipinski definition) is 3. The Morgan fingerprint density at radius 1 is 1.00 bits per heavy atom. The standard InChI is InChI=1S/C24H21ClN2O2/c25-17-12-18-21(22(26)19(24(29)27-18)14-7-2-1-3-8-14)20(17)16-11-10-13-6-4-5-9-15(13)23(16)28/h1-3,7-8,10-11,28H,4-6,9,12H2,(H3,26,27,29). The van der Waals surface area contributed by atoms with E-state index in [4.69, 9.17) is 17.3 Å². The number of phenols is 1. The van der Waals surface area contributed by atoms with Crippen molar-refractivity contribution in [1.82, 2.24) is 4.98 Å². The highest BCUT2D eigenvalue weighted by Gasteiger charge is 2.30. The molecule has 4 nitrogen and oxygen atoms in total. The van der Waals surface area contributed by atoms with Gasteiger partial charge in [0.1, 0.15) is 5.75 Å². The first-order chi connectivity index (χ1) is 14.1. The Bertz CT molecular complexity index is 1230. The molecular formula is C24H21ClN2O2. The molecule has 0 saturated carbocycles. The quantitative estimate of drug-likeness (QED) is 0.576. The van der Waals surface area contributed by atoms with Crippen molar-refractivity contribution in [2.75, 3.05) is 5.73 Å². The molecule has 4 N–H and O–H groups in total. The number of anilines is 1. The van der Waals surface area contributed by atoms with Crippen molar-refractivity contribution in [3.63, 3.8) is 0 Å². The first-order valence-electron chi connectivity index (χ1n) is 9.89. The summed E-state index contributed by atoms with van der Waals surface area (Å²) in [6.07, 6.45) is 4.47. The number of fused-ring (bicyclic) bond motifs is 2. The minimum Gasteiger partial charge on any atom is -0.507 e. The van der Waals surface area contributed by atoms with Gasteiger partial charge in [0.25, 0.3) is 5.56 Å². The van der Waals surface area contributed by atoms with E-state index in [2.05, 4.69) is 11.1 Å². The van der Waals surface area contributed by atoms with E-state index < -0.39 is 0 Å². The van der Waals surface area contributed by atoms with Gasteiger partial charge in [-0.1, -0.05) is 54.1 Å². The number of aryl methyl sites for hydroxylation is 1. The van der Waals surface area contributed by atoms with Gasteiger partial charge in [-0.2, -0.15) is 0 Å². The Kier molecular flexibility index (Phi) is 4.25. The summed E-state index contributed by atoms with van der Waals surface area (Å²) < 4.78 is 0. The van der Waals surface area contributed by atoms with Gasteiger partial charge in [-0.05, 0) is 42.4 Å². The van der Waals surface area contributed by atoms with Gasteiger partial charge < -0.3 is 15.8 Å². The number of allylic oxidation sites excluding steroid dienone is 1. The summed E-state index contributed by atoms with van der Waals surface area (Å²) >= 11 is 6.65. The van der Waals surface area contributed by atoms with Crippen molar-refractivity contribution in [3.8, 4) is 16.9 Å². The van der Waals surface area contributed by atoms with Gasteiger partial charge in [0.05, 0.1) is 11.3 Å². The van der Waals surface area contributed by atoms with Gasteiger partial charge in [-0.3, -0.25) is 4.79 Å². The number of hydrogen-bond donors (Lipinski definition) is 3. The number of pyridine rings is 1. The number of nitrogen functional groups attached to an aromatic ring is 1. The summed E-state index contributed by atoms with van der Waals surface area (Å²) in [5.41, 5.74) is 12.9. The number of rotatable bonds is 2. The lowest BCUT2D eigenvalue weighted by Gasteiger charge is -2.20. The average Bonchev–Trinajstić information content (AvgIpc) is 3.05. The summed E-state index contributed by atoms with van der Waals surface area (Å²) in [4.78, 5) is 15.7. The van der Waals surface area contributed by atoms with Gasteiger partial charge in [0.2, 0.25) is 0 Å². The Balaban J connectivity index is 1.74. The number of nitrogens with one attached hydrogen (secondary N) is 1. The third-order valence-electron chi connectivity index (χ3n) is 6.02. The molecule has 0 radical (unpaired) electrons. The number of phenolic OH excluding ortho intramolecular Hbond substituents is 1. The van der Waals surface area contributed by atoms with E-state index in [-0.39, 0.29) is 11.3 Å². The van der Waals surface area contributed by atoms with E-state index in [9.17, 15) is 9.90 Å². The van der Waals surface area contributed by atoms with Crippen LogP contribution in [0.2, 0.25) is 0 Å². The van der Waals surface area contributed by atoms with Crippen molar-refractivity contribution in [3.05, 3.63) is 85.8 Å². The third kappa shape index (κ3) is 2.78. The van der Waals surface area contributed by atoms with E-state index in [1.807, 2.05) is 36.4 Å². The first kappa shape index (κ1) is 18.1. The van der Waals surface area contributed by atoms with Crippen LogP contribution >= 0.6 is 11.6 Å². The zero-order chi connectivity index (χ0) is 20.1. The lowest BCUT2D eigenvalue weighted by Crippen LogP contribution is -2.16. The topological polar surface area (TPSA) is 79.1 Å². The van der Waals surface area contributed by atoms with Crippen molar-refractivity contribution in [2.24, 2.45) is 0 Å². The van der Waals surface area contributed by atoms with E-state index >= 15 is 0 Å². The van der Waals surface area contributed by atoms with Crippen molar-refractivity contribution >= 4 is 22.9 Å². The van der Waals surface area contributed by atoms with Crippen LogP contribution in [0.25, 0.3) is 16.7 Å². The highest BCUT2D eigenvalue weighted by atomic mass is 35.5. The van der Waals surface area contributed by atoms with Crippen LogP contribution in [0.4, 0.5) is 5.69 Å². The Labute approximate surface area is 173 Å². The zero-order valence-electron chi connectivity index (χ0n) is 15.9. The number of aromatic nitrogens is 1. The van der Waals surface area contributed by atoms with Gasteiger partial charge in [0, 0.05) is 33.8 Å². The second-order valence-electron chi connectivity index (χ2n) is 7.73. The molecule has 0 unspecified atom stereocenters. The van der Waals surface area contributed by atoms with E-state index in [1.165, 1.54) is 5.56 Å². The summed E-state index contributed by atoms with van der Waals surface area (Å²) in [5, 5.41) is 11.6. The molecule has 2 aliphatic rings. The maximum absolute atomic E-state index is 12.8. The largest absolute Gasteiger partial charge is 0.507 e. The molecule has 5 rings (SSSR count). The van der Waals surface area contributed by atoms with Crippen LogP contribution in [0, 0.1) is 0 Å². The van der Waals surface area contributed by atoms with Crippen molar-refractivity contribution in [2.45, 2.75) is 32.1 Å². The molecule has 0 spiro atoms. The average molecular weight is 405 g/mol. The van der Waals surface area contributed by atoms with Crippen LogP contribution in [0.3, 0.4) is 0 Å². The number of halogens is 1. The molecule has 5 heteroatoms. The van der Waals surface area contributed by atoms with Crippen LogP contribution in [-0.2, 0) is 19.3 Å². The molecular weight excluding hydrogens is 384 g/mol. The molecule has 146 valence electrons. The predicted molar refractivity (Wildman–Crippen MR) is 117 cm³/mol. The Morgan fingerprint density at radius 2 is 1.76 bits per heavy atom. The molecule has 3 aromatic rings. The SMILES string of the molecule is Nc1c2c([nH]c(=O)c1-c1ccccc1)CC(Cl)=C2c1ccc2c(c1O)CCCC2. The molecule has 0 atom stereocenters. The molecule has 0 bridgehead atoms. The molecule has 1 aromatic heterocycles. The highest BCUT2D eigenvalue weighted by molar-refractivity contribution is 6.35. The lowest BCUT2D eigenvalue weighted by atomic mass is 9.86. The minimum absolute atomic E-state index is 0.229. The fourth-order valence-corrected chi connectivity index (χ4v) is 4.98. The summed E-state index contributed by atoms with van der Waals surface area (Å²) in [7, 11) is 0. The van der Waals surface area contributed by atoms with Crippen LogP contribution in [-0.4, -0.2) is 10.1 Å². The number of aromatic hydroxyl groups is 1. The molecule has 1 heterocycles. The van der Waals surface area contributed by atoms with Gasteiger partial charge >= 0.3 is 0 Å². The first-order valence-corrected chi connectivity index (χ1v) is 10.3. The van der Waals surface area contributed by atoms with E-state index in [0.29, 0.717) is 34.0 Å². The van der Waals surface area contributed by atoms with Crippen molar-refractivity contribution < 1.29 is 5.11 Å². The highest BCUT2D eigenvalue weighted by Crippen LogP contribution is 2.47. The molecule has 29 heavy (non-hydrogen) atoms. The fraction of sp³-hybridized carbons (Fsp3) is 0.208. The Hall–Kier alpha value is -2.98. The third-order valence-corrected chi connectivity index (χ3v) is 6.34. The van der Waals surface area contributed by atoms with E-state index in [1.54, 1.807) is 0 Å². The number of nitrogens with two attached hydrogens (primary N) is 1. The van der Waals surface area contributed by atoms with E-state index in [0.717, 1.165) is 47.9 Å². The van der Waals surface area contributed by atoms with Crippen LogP contribution in [0.1, 0.15) is 40.8 Å². The fourth-order valence-electron chi connectivity index (χ4n) is 4.65. The molecule has 0 amide bonds. The molecule has 2 aromatic carbocycles. The van der Waals surface area contributed by atoms with Crippen molar-refractivity contribution in [1.29, 1.82) is 0 Å². The lowest BCUT2D eigenvalue weighted by molar-refractivity contribution is 0.460.